The van der Waals surface area contributed by atoms with E-state index in [1.807, 2.05) is 0 Å². The molecule has 0 atom stereocenters. The van der Waals surface area contributed by atoms with E-state index < -0.39 is 80.8 Å². The van der Waals surface area contributed by atoms with Crippen LogP contribution >= 0.6 is 11.3 Å². The molecule has 1 N–H and O–H groups in total. The maximum atomic E-state index is 8.60. The van der Waals surface area contributed by atoms with Gasteiger partial charge in [-0.2, -0.15) is 0 Å². The quantitative estimate of drug-likeness (QED) is 0.866. The third-order valence-electron chi connectivity index (χ3n) is 3.08. The van der Waals surface area contributed by atoms with Crippen LogP contribution in [0.1, 0.15) is 25.4 Å². The summed E-state index contributed by atoms with van der Waals surface area (Å²) >= 11 is 0.541. The van der Waals surface area contributed by atoms with E-state index in [0.717, 1.165) is 0 Å². The first-order valence-electron chi connectivity index (χ1n) is 13.8. The highest BCUT2D eigenvalue weighted by Crippen LogP contribution is 2.27. The fourth-order valence-electron chi connectivity index (χ4n) is 2.09. The number of anilines is 1. The van der Waals surface area contributed by atoms with Crippen LogP contribution in [0.4, 0.5) is 11.4 Å². The lowest BCUT2D eigenvalue weighted by Crippen LogP contribution is -2.47. The Morgan fingerprint density at radius 1 is 1.36 bits per heavy atom. The van der Waals surface area contributed by atoms with Crippen LogP contribution in [-0.4, -0.2) is 42.9 Å². The van der Waals surface area contributed by atoms with Gasteiger partial charge in [-0.15, -0.1) is 11.3 Å². The van der Waals surface area contributed by atoms with Gasteiger partial charge in [0.1, 0.15) is 10.5 Å². The van der Waals surface area contributed by atoms with Crippen molar-refractivity contribution in [3.63, 3.8) is 0 Å². The summed E-state index contributed by atoms with van der Waals surface area (Å²) in [6, 6.07) is -3.07. The Bertz CT molecular complexity index is 1390. The third kappa shape index (κ3) is 2.40. The summed E-state index contributed by atoms with van der Waals surface area (Å²) in [5.41, 5.74) is -0.660. The van der Waals surface area contributed by atoms with Crippen LogP contribution in [-0.2, 0) is 0 Å². The molecule has 0 saturated carbocycles. The molecule has 1 aromatic heterocycles. The molecule has 1 aromatic carbocycles. The average Bonchev–Trinajstić information content (AvgIpc) is 2.96. The molecule has 3 heterocycles. The normalized spacial score (nSPS) is 33.7. The van der Waals surface area contributed by atoms with Gasteiger partial charge in [0, 0.05) is 39.2 Å². The van der Waals surface area contributed by atoms with E-state index in [1.54, 1.807) is 0 Å². The van der Waals surface area contributed by atoms with Crippen molar-refractivity contribution in [2.24, 2.45) is 4.99 Å². The van der Waals surface area contributed by atoms with Gasteiger partial charge >= 0.3 is 0 Å². The molecule has 1 saturated heterocycles. The lowest BCUT2D eigenvalue weighted by molar-refractivity contribution is 0.206. The van der Waals surface area contributed by atoms with Gasteiger partial charge < -0.3 is 15.1 Å². The van der Waals surface area contributed by atoms with Gasteiger partial charge in [-0.1, -0.05) is 12.1 Å². The Morgan fingerprint density at radius 2 is 2.23 bits per heavy atom. The monoisotopic (exact) mass is 327 g/mol. The molecule has 2 aliphatic rings. The van der Waals surface area contributed by atoms with E-state index in [4.69, 9.17) is 20.6 Å². The zero-order valence-corrected chi connectivity index (χ0v) is 12.0. The first-order chi connectivity index (χ1) is 16.7. The van der Waals surface area contributed by atoms with Crippen LogP contribution < -0.4 is 15.2 Å². The Labute approximate surface area is 155 Å². The number of aryl methyl sites for hydroxylation is 1. The highest BCUT2D eigenvalue weighted by Gasteiger charge is 2.20. The van der Waals surface area contributed by atoms with Gasteiger partial charge in [0.05, 0.1) is 28.9 Å². The molecule has 2 aliphatic heterocycles. The summed E-state index contributed by atoms with van der Waals surface area (Å²) in [7, 11) is 0. The van der Waals surface area contributed by atoms with Gasteiger partial charge in [-0.25, -0.2) is 4.99 Å². The van der Waals surface area contributed by atoms with Crippen molar-refractivity contribution >= 4 is 28.5 Å². The molecule has 4 nitrogen and oxygen atoms in total. The molecule has 0 radical (unpaired) electrons. The molecule has 0 bridgehead atoms. The number of rotatable bonds is 1. The van der Waals surface area contributed by atoms with Gasteiger partial charge in [0.25, 0.3) is 0 Å². The molecular formula is C17H20N4S. The van der Waals surface area contributed by atoms with Crippen LogP contribution in [0.25, 0.3) is 5.82 Å². The molecule has 0 aliphatic carbocycles. The molecule has 0 amide bonds. The fraction of sp³-hybridized carbons (Fsp3) is 0.353. The minimum Gasteiger partial charge on any atom is -0.355 e. The van der Waals surface area contributed by atoms with Crippen molar-refractivity contribution in [3.8, 4) is 0 Å². The number of likely N-dealkylation sites (N-methyl/N-ethyl adjacent to an activating group) is 1. The van der Waals surface area contributed by atoms with Crippen LogP contribution in [0, 0.1) is 6.85 Å². The molecule has 0 unspecified atom stereocenters. The number of para-hydroxylation sites is 2. The lowest BCUT2D eigenvalue weighted by atomic mass is 10.2. The van der Waals surface area contributed by atoms with E-state index in [-0.39, 0.29) is 21.3 Å². The zero-order valence-electron chi connectivity index (χ0n) is 26.2. The van der Waals surface area contributed by atoms with Gasteiger partial charge in [-0.05, 0) is 32.0 Å². The van der Waals surface area contributed by atoms with E-state index in [1.165, 1.54) is 0 Å². The van der Waals surface area contributed by atoms with Gasteiger partial charge in [0.2, 0.25) is 0 Å². The second kappa shape index (κ2) is 5.41. The maximum Gasteiger partial charge on any atom is 0.127 e. The number of hydrogen-bond acceptors (Lipinski definition) is 5. The molecule has 4 rings (SSSR count). The van der Waals surface area contributed by atoms with Crippen LogP contribution in [0.3, 0.4) is 0 Å². The Kier molecular flexibility index (Phi) is 1.25. The Morgan fingerprint density at radius 3 is 3.05 bits per heavy atom. The summed E-state index contributed by atoms with van der Waals surface area (Å²) < 4.78 is 122. The minimum absolute atomic E-state index is 0.202. The van der Waals surface area contributed by atoms with Crippen molar-refractivity contribution in [1.82, 2.24) is 9.80 Å². The zero-order chi connectivity index (χ0) is 28.0. The minimum atomic E-state index is -2.82. The van der Waals surface area contributed by atoms with E-state index in [2.05, 4.69) is 10.3 Å². The third-order valence-corrected chi connectivity index (χ3v) is 3.87. The van der Waals surface area contributed by atoms with Gasteiger partial charge in [-0.3, -0.25) is 0 Å². The number of hydrogen-bond donors (Lipinski definition) is 1. The van der Waals surface area contributed by atoms with Gasteiger partial charge in [0.15, 0.2) is 0 Å². The number of nitrogens with one attached hydrogen (secondary N) is 1. The van der Waals surface area contributed by atoms with Crippen molar-refractivity contribution in [2.45, 2.75) is 6.85 Å². The standard InChI is InChI=1S/C17H20N4S/c1-12-11-13-16(21-9-7-20(2)8-10-21)18-14-5-3-4-6-15(14)19-17(13)22-12/h3-6,11,18H,7-10H2,1-2H3/i1D3,2D3,3D,4D,5D,6D,9D2,10D2,11D. The van der Waals surface area contributed by atoms with Crippen molar-refractivity contribution in [2.75, 3.05) is 38.4 Å². The largest absolute Gasteiger partial charge is 0.355 e. The molecule has 0 spiro atoms. The number of nitrogens with zero attached hydrogens (tertiary/aromatic N) is 3. The first kappa shape index (κ1) is 5.08. The second-order valence-electron chi connectivity index (χ2n) is 4.55. The maximum absolute atomic E-state index is 8.60. The highest BCUT2D eigenvalue weighted by atomic mass is 32.1. The summed E-state index contributed by atoms with van der Waals surface area (Å²) in [6.45, 7) is -12.7. The summed E-state index contributed by atoms with van der Waals surface area (Å²) in [5, 5.41) is 2.31. The smallest absolute Gasteiger partial charge is 0.127 e. The van der Waals surface area contributed by atoms with Crippen LogP contribution in [0.2, 0.25) is 0 Å². The molecule has 1 fully saturated rings. The van der Waals surface area contributed by atoms with E-state index >= 15 is 0 Å². The SMILES string of the molecule is [2H]c1c([2H])c([2H])c2c(c1[2H])N=c1sc(C([2H])([2H])[2H])c([2H])c1=C(N1C([2H])([2H])CN(C([2H])([2H])[2H])CC1([2H])[2H])N2. The lowest BCUT2D eigenvalue weighted by Gasteiger charge is -2.35. The summed E-state index contributed by atoms with van der Waals surface area (Å²) in [4.78, 5) is 5.00. The Balaban J connectivity index is 2.11. The number of piperazine rings is 1. The number of thiophene rings is 1. The predicted octanol–water partition coefficient (Wildman–Crippen LogP) is 1.75. The van der Waals surface area contributed by atoms with Crippen LogP contribution in [0.15, 0.2) is 35.2 Å². The topological polar surface area (TPSA) is 30.9 Å². The number of fused-ring (bicyclic) bond motifs is 2. The van der Waals surface area contributed by atoms with E-state index in [0.29, 0.717) is 21.1 Å². The Hall–Kier alpha value is -1.85. The van der Waals surface area contributed by atoms with Crippen LogP contribution in [0.5, 0.6) is 0 Å². The fourth-order valence-corrected chi connectivity index (χ4v) is 2.82. The molecule has 5 heteroatoms. The van der Waals surface area contributed by atoms with Crippen molar-refractivity contribution < 1.29 is 20.6 Å². The van der Waals surface area contributed by atoms with Crippen molar-refractivity contribution in [1.29, 1.82) is 0 Å². The van der Waals surface area contributed by atoms with E-state index in [9.17, 15) is 0 Å². The predicted molar refractivity (Wildman–Crippen MR) is 92.0 cm³/mol. The molecular weight excluding hydrogens is 292 g/mol. The highest BCUT2D eigenvalue weighted by molar-refractivity contribution is 7.09. The second-order valence-corrected chi connectivity index (χ2v) is 5.55. The molecule has 114 valence electrons. The number of benzene rings is 1. The van der Waals surface area contributed by atoms with Crippen molar-refractivity contribution in [3.05, 3.63) is 45.0 Å². The summed E-state index contributed by atoms with van der Waals surface area (Å²) in [6.07, 6.45) is 0. The summed E-state index contributed by atoms with van der Waals surface area (Å²) in [5.74, 6) is -0.500. The first-order valence-corrected chi connectivity index (χ1v) is 7.16. The molecule has 22 heavy (non-hydrogen) atoms. The molecule has 2 aromatic rings. The average molecular weight is 328 g/mol.